The second-order valence-corrected chi connectivity index (χ2v) is 13.6. The number of nitrogens with zero attached hydrogens (tertiary/aromatic N) is 2. The number of piperidine rings is 1. The van der Waals surface area contributed by atoms with E-state index in [2.05, 4.69) is 20.9 Å². The van der Waals surface area contributed by atoms with Crippen LogP contribution in [0, 0.1) is 12.3 Å². The van der Waals surface area contributed by atoms with Crippen molar-refractivity contribution in [1.82, 2.24) is 25.8 Å². The third-order valence-electron chi connectivity index (χ3n) is 8.16. The fourth-order valence-electron chi connectivity index (χ4n) is 5.62. The second kappa shape index (κ2) is 16.8. The van der Waals surface area contributed by atoms with Gasteiger partial charge in [-0.3, -0.25) is 14.4 Å². The third-order valence-corrected chi connectivity index (χ3v) is 9.14. The number of carbonyl (C=O) groups excluding carboxylic acids is 3. The van der Waals surface area contributed by atoms with Gasteiger partial charge in [-0.1, -0.05) is 45.0 Å². The van der Waals surface area contributed by atoms with E-state index in [0.29, 0.717) is 6.61 Å². The molecular weight excluding hydrogens is 618 g/mol. The fraction of sp³-hybridized carbons (Fsp3) is 0.625. The number of amides is 3. The Morgan fingerprint density at radius 2 is 1.82 bits per heavy atom. The van der Waals surface area contributed by atoms with Crippen molar-refractivity contribution in [1.29, 1.82) is 0 Å². The maximum absolute atomic E-state index is 13.8. The third kappa shape index (κ3) is 10.2. The maximum Gasteiger partial charge on any atom is 0.246 e. The van der Waals surface area contributed by atoms with Gasteiger partial charge in [-0.25, -0.2) is 4.98 Å². The number of thiazole rings is 1. The summed E-state index contributed by atoms with van der Waals surface area (Å²) in [6.45, 7) is 11.8. The lowest BCUT2D eigenvalue weighted by Crippen LogP contribution is -2.58. The van der Waals surface area contributed by atoms with Crippen LogP contribution < -0.4 is 16.0 Å². The number of aryl methyl sites for hydroxylation is 1. The summed E-state index contributed by atoms with van der Waals surface area (Å²) in [6.07, 6.45) is 1.41. The first-order valence-electron chi connectivity index (χ1n) is 15.4. The highest BCUT2D eigenvalue weighted by Crippen LogP contribution is 2.29. The van der Waals surface area contributed by atoms with Crippen LogP contribution in [0.15, 0.2) is 29.8 Å². The molecule has 4 atom stereocenters. The van der Waals surface area contributed by atoms with E-state index in [-0.39, 0.29) is 56.6 Å². The monoisotopic (exact) mass is 665 g/mol. The zero-order chi connectivity index (χ0) is 31.9. The molecular formula is C32H48ClN5O6S. The predicted molar refractivity (Wildman–Crippen MR) is 176 cm³/mol. The molecule has 0 aliphatic carbocycles. The van der Waals surface area contributed by atoms with Gasteiger partial charge < -0.3 is 35.4 Å². The molecule has 0 spiro atoms. The second-order valence-electron chi connectivity index (χ2n) is 12.8. The van der Waals surface area contributed by atoms with E-state index in [1.807, 2.05) is 64.4 Å². The van der Waals surface area contributed by atoms with Crippen molar-refractivity contribution in [3.63, 3.8) is 0 Å². The molecule has 2 fully saturated rings. The van der Waals surface area contributed by atoms with E-state index >= 15 is 0 Å². The molecule has 1 aromatic heterocycles. The van der Waals surface area contributed by atoms with E-state index in [4.69, 9.17) is 9.47 Å². The van der Waals surface area contributed by atoms with Crippen molar-refractivity contribution in [2.24, 2.45) is 5.41 Å². The Hall–Kier alpha value is -2.61. The topological polar surface area (TPSA) is 142 Å². The van der Waals surface area contributed by atoms with Gasteiger partial charge in [0, 0.05) is 13.0 Å². The van der Waals surface area contributed by atoms with Crippen LogP contribution in [0.3, 0.4) is 0 Å². The number of hydrogen-bond acceptors (Lipinski definition) is 9. The molecule has 3 heterocycles. The molecule has 250 valence electrons. The lowest BCUT2D eigenvalue weighted by molar-refractivity contribution is -0.144. The van der Waals surface area contributed by atoms with E-state index in [1.165, 1.54) is 4.90 Å². The highest BCUT2D eigenvalue weighted by atomic mass is 35.5. The Labute approximate surface area is 276 Å². The number of nitrogens with one attached hydrogen (secondary N) is 3. The van der Waals surface area contributed by atoms with Crippen LogP contribution in [-0.4, -0.2) is 96.5 Å². The Balaban J connectivity index is 0.00000552. The molecule has 0 bridgehead atoms. The van der Waals surface area contributed by atoms with Gasteiger partial charge in [-0.05, 0) is 56.3 Å². The molecule has 0 unspecified atom stereocenters. The average Bonchev–Trinajstić information content (AvgIpc) is 3.60. The predicted octanol–water partition coefficient (Wildman–Crippen LogP) is 3.00. The first-order valence-corrected chi connectivity index (χ1v) is 16.3. The van der Waals surface area contributed by atoms with Gasteiger partial charge in [0.05, 0.1) is 47.5 Å². The SMILES string of the molecule is Cc1ncsc1-c1ccc([C@H](C)NC(=O)[C@@H]2C[C@@H](O)CN2C(=O)[C@@H](NC(=O)COCCOC2CCNCC2)C(C)(C)C)cc1.Cl. The number of likely N-dealkylation sites (tertiary alicyclic amines) is 1. The first-order chi connectivity index (χ1) is 20.9. The number of aliphatic hydroxyl groups excluding tert-OH is 1. The van der Waals surface area contributed by atoms with E-state index in [9.17, 15) is 19.5 Å². The van der Waals surface area contributed by atoms with Crippen LogP contribution in [0.5, 0.6) is 0 Å². The van der Waals surface area contributed by atoms with Crippen molar-refractivity contribution >= 4 is 41.5 Å². The van der Waals surface area contributed by atoms with Crippen LogP contribution in [-0.2, 0) is 23.9 Å². The minimum Gasteiger partial charge on any atom is -0.391 e. The number of halogens is 1. The Morgan fingerprint density at radius 3 is 2.44 bits per heavy atom. The first kappa shape index (κ1) is 36.9. The molecule has 2 aliphatic rings. The maximum atomic E-state index is 13.8. The van der Waals surface area contributed by atoms with Crippen molar-refractivity contribution in [2.45, 2.75) is 84.2 Å². The van der Waals surface area contributed by atoms with Gasteiger partial charge in [0.25, 0.3) is 0 Å². The van der Waals surface area contributed by atoms with Crippen molar-refractivity contribution in [3.05, 3.63) is 41.0 Å². The average molecular weight is 666 g/mol. The van der Waals surface area contributed by atoms with Gasteiger partial charge in [0.15, 0.2) is 0 Å². The smallest absolute Gasteiger partial charge is 0.246 e. The van der Waals surface area contributed by atoms with Crippen LogP contribution in [0.2, 0.25) is 0 Å². The van der Waals surface area contributed by atoms with E-state index < -0.39 is 35.4 Å². The van der Waals surface area contributed by atoms with Gasteiger partial charge in [0.2, 0.25) is 17.7 Å². The molecule has 2 aromatic rings. The number of ether oxygens (including phenoxy) is 2. The Bertz CT molecular complexity index is 1260. The lowest BCUT2D eigenvalue weighted by atomic mass is 9.85. The minimum atomic E-state index is -0.912. The summed E-state index contributed by atoms with van der Waals surface area (Å²) in [4.78, 5) is 46.9. The number of aliphatic hydroxyl groups is 1. The van der Waals surface area contributed by atoms with Crippen LogP contribution in [0.25, 0.3) is 10.4 Å². The van der Waals surface area contributed by atoms with Crippen molar-refractivity contribution < 1.29 is 29.0 Å². The summed E-state index contributed by atoms with van der Waals surface area (Å²) in [5, 5.41) is 19.6. The fourth-order valence-corrected chi connectivity index (χ4v) is 6.43. The summed E-state index contributed by atoms with van der Waals surface area (Å²) < 4.78 is 11.3. The molecule has 1 aromatic carbocycles. The molecule has 3 amide bonds. The zero-order valence-electron chi connectivity index (χ0n) is 26.8. The number of β-amino-alcohol motifs (C(OH)–C–C–N with tert-alkyl or cyclic N) is 1. The zero-order valence-corrected chi connectivity index (χ0v) is 28.5. The highest BCUT2D eigenvalue weighted by Gasteiger charge is 2.44. The summed E-state index contributed by atoms with van der Waals surface area (Å²) in [7, 11) is 0. The molecule has 0 saturated carbocycles. The van der Waals surface area contributed by atoms with Gasteiger partial charge in [-0.15, -0.1) is 23.7 Å². The Kier molecular flexibility index (Phi) is 13.8. The van der Waals surface area contributed by atoms with Crippen LogP contribution in [0.4, 0.5) is 0 Å². The molecule has 11 nitrogen and oxygen atoms in total. The molecule has 0 radical (unpaired) electrons. The summed E-state index contributed by atoms with van der Waals surface area (Å²) in [5.74, 6) is -1.18. The normalized spacial score (nSPS) is 20.3. The van der Waals surface area contributed by atoms with Crippen molar-refractivity contribution in [2.75, 3.05) is 39.5 Å². The Morgan fingerprint density at radius 1 is 1.13 bits per heavy atom. The molecule has 4 rings (SSSR count). The number of benzene rings is 1. The minimum absolute atomic E-state index is 0. The van der Waals surface area contributed by atoms with Gasteiger partial charge in [-0.2, -0.15) is 0 Å². The summed E-state index contributed by atoms with van der Waals surface area (Å²) in [5.41, 5.74) is 4.13. The summed E-state index contributed by atoms with van der Waals surface area (Å²) >= 11 is 1.58. The highest BCUT2D eigenvalue weighted by molar-refractivity contribution is 7.13. The molecule has 13 heteroatoms. The largest absolute Gasteiger partial charge is 0.391 e. The van der Waals surface area contributed by atoms with Gasteiger partial charge >= 0.3 is 0 Å². The van der Waals surface area contributed by atoms with E-state index in [0.717, 1.165) is 47.6 Å². The van der Waals surface area contributed by atoms with E-state index in [1.54, 1.807) is 11.3 Å². The number of aromatic nitrogens is 1. The quantitative estimate of drug-likeness (QED) is 0.254. The van der Waals surface area contributed by atoms with Crippen LogP contribution in [0.1, 0.15) is 64.3 Å². The van der Waals surface area contributed by atoms with Gasteiger partial charge in [0.1, 0.15) is 18.7 Å². The molecule has 45 heavy (non-hydrogen) atoms. The number of rotatable bonds is 12. The number of carbonyl (C=O) groups is 3. The summed E-state index contributed by atoms with van der Waals surface area (Å²) in [6, 6.07) is 5.87. The standard InChI is InChI=1S/C32H47N5O6S.ClH/c1-20(22-6-8-23(9-7-22)28-21(2)34-19-44-28)35-30(40)26-16-24(38)17-37(26)31(41)29(32(3,4)5)36-27(39)18-42-14-15-43-25-10-12-33-13-11-25;/h6-9,19-20,24-26,29,33,38H,10-18H2,1-5H3,(H,35,40)(H,36,39);1H/t20-,24+,26-,29+;/m0./s1. The lowest BCUT2D eigenvalue weighted by Gasteiger charge is -2.35. The molecule has 4 N–H and O–H groups in total. The molecule has 2 aliphatic heterocycles. The molecule has 2 saturated heterocycles. The van der Waals surface area contributed by atoms with Crippen LogP contribution >= 0.6 is 23.7 Å². The number of hydrogen-bond donors (Lipinski definition) is 4. The van der Waals surface area contributed by atoms with Crippen molar-refractivity contribution in [3.8, 4) is 10.4 Å².